The second-order valence-electron chi connectivity index (χ2n) is 6.63. The molecule has 2 amide bonds. The van der Waals surface area contributed by atoms with Crippen LogP contribution >= 0.6 is 0 Å². The van der Waals surface area contributed by atoms with E-state index in [9.17, 15) is 22.8 Å². The van der Waals surface area contributed by atoms with E-state index in [2.05, 4.69) is 9.97 Å². The SMILES string of the molecule is CCN(CC(C)OC(N)=O)OCCN1CCN(c2ncc(C(F)(F)F)cn2)CC1=O. The summed E-state index contributed by atoms with van der Waals surface area (Å²) in [5, 5.41) is 1.60. The third-order valence-electron chi connectivity index (χ3n) is 4.33. The quantitative estimate of drug-likeness (QED) is 0.570. The smallest absolute Gasteiger partial charge is 0.419 e. The molecule has 1 aliphatic rings. The molecule has 0 bridgehead atoms. The number of carbonyl (C=O) groups excluding carboxylic acids is 2. The molecule has 1 aromatic heterocycles. The van der Waals surface area contributed by atoms with Gasteiger partial charge in [0, 0.05) is 38.6 Å². The zero-order chi connectivity index (χ0) is 22.3. The van der Waals surface area contributed by atoms with Crippen molar-refractivity contribution in [3.05, 3.63) is 18.0 Å². The van der Waals surface area contributed by atoms with Crippen LogP contribution in [0.25, 0.3) is 0 Å². The van der Waals surface area contributed by atoms with E-state index in [-0.39, 0.29) is 25.0 Å². The number of primary amides is 1. The monoisotopic (exact) mass is 434 g/mol. The van der Waals surface area contributed by atoms with Gasteiger partial charge in [0.25, 0.3) is 0 Å². The number of hydrogen-bond acceptors (Lipinski definition) is 8. The first-order valence-electron chi connectivity index (χ1n) is 9.36. The predicted octanol–water partition coefficient (Wildman–Crippen LogP) is 0.881. The molecule has 2 heterocycles. The Bertz CT molecular complexity index is 718. The fraction of sp³-hybridized carbons (Fsp3) is 0.647. The van der Waals surface area contributed by atoms with E-state index in [1.165, 1.54) is 4.90 Å². The molecule has 1 atom stereocenters. The molecule has 0 saturated carbocycles. The summed E-state index contributed by atoms with van der Waals surface area (Å²) in [6.07, 6.45) is -4.41. The molecule has 1 aliphatic heterocycles. The van der Waals surface area contributed by atoms with Crippen molar-refractivity contribution in [3.63, 3.8) is 0 Å². The number of likely N-dealkylation sites (N-methyl/N-ethyl adjacent to an activating group) is 1. The average Bonchev–Trinajstić information content (AvgIpc) is 2.67. The molecule has 10 nitrogen and oxygen atoms in total. The highest BCUT2D eigenvalue weighted by atomic mass is 19.4. The molecule has 1 fully saturated rings. The van der Waals surface area contributed by atoms with Crippen LogP contribution in [0.15, 0.2) is 12.4 Å². The number of carbonyl (C=O) groups is 2. The topological polar surface area (TPSA) is 114 Å². The van der Waals surface area contributed by atoms with Crippen LogP contribution in [-0.4, -0.2) is 83.9 Å². The summed E-state index contributed by atoms with van der Waals surface area (Å²) in [7, 11) is 0. The number of alkyl halides is 3. The first-order chi connectivity index (χ1) is 14.1. The maximum atomic E-state index is 12.6. The number of nitrogens with two attached hydrogens (primary N) is 1. The Hall–Kier alpha value is -2.67. The molecule has 2 N–H and O–H groups in total. The maximum Gasteiger partial charge on any atom is 0.419 e. The van der Waals surface area contributed by atoms with Gasteiger partial charge in [0.15, 0.2) is 0 Å². The fourth-order valence-electron chi connectivity index (χ4n) is 2.82. The van der Waals surface area contributed by atoms with Crippen LogP contribution in [0.4, 0.5) is 23.9 Å². The minimum atomic E-state index is -4.51. The van der Waals surface area contributed by atoms with Crippen molar-refractivity contribution in [2.24, 2.45) is 5.73 Å². The normalized spacial score (nSPS) is 16.1. The minimum Gasteiger partial charge on any atom is -0.445 e. The van der Waals surface area contributed by atoms with Crippen LogP contribution in [-0.2, 0) is 20.5 Å². The van der Waals surface area contributed by atoms with E-state index < -0.39 is 23.9 Å². The standard InChI is InChI=1S/C17H25F3N6O4/c1-3-26(10-12(2)30-15(21)28)29-7-6-24-4-5-25(11-14(24)27)16-22-8-13(9-23-16)17(18,19)20/h8-9,12H,3-7,10-11H2,1-2H3,(H2,21,28). The summed E-state index contributed by atoms with van der Waals surface area (Å²) in [5.74, 6) is -0.130. The van der Waals surface area contributed by atoms with Crippen molar-refractivity contribution in [2.45, 2.75) is 26.1 Å². The number of aromatic nitrogens is 2. The summed E-state index contributed by atoms with van der Waals surface area (Å²) in [6, 6.07) is 0. The van der Waals surface area contributed by atoms with Crippen LogP contribution in [0.3, 0.4) is 0 Å². The molecule has 0 aromatic carbocycles. The van der Waals surface area contributed by atoms with E-state index >= 15 is 0 Å². The van der Waals surface area contributed by atoms with Crippen LogP contribution in [0.1, 0.15) is 19.4 Å². The van der Waals surface area contributed by atoms with Gasteiger partial charge in [-0.1, -0.05) is 6.92 Å². The van der Waals surface area contributed by atoms with E-state index in [0.717, 1.165) is 0 Å². The van der Waals surface area contributed by atoms with Crippen molar-refractivity contribution in [3.8, 4) is 0 Å². The lowest BCUT2D eigenvalue weighted by molar-refractivity contribution is -0.173. The Labute approximate surface area is 171 Å². The Kier molecular flexibility index (Phi) is 8.17. The van der Waals surface area contributed by atoms with Crippen molar-refractivity contribution in [1.29, 1.82) is 0 Å². The van der Waals surface area contributed by atoms with Crippen LogP contribution in [0.5, 0.6) is 0 Å². The molecule has 168 valence electrons. The van der Waals surface area contributed by atoms with Crippen LogP contribution in [0.2, 0.25) is 0 Å². The number of amides is 2. The van der Waals surface area contributed by atoms with Crippen molar-refractivity contribution in [1.82, 2.24) is 19.9 Å². The Morgan fingerprint density at radius 1 is 1.33 bits per heavy atom. The number of ether oxygens (including phenoxy) is 1. The lowest BCUT2D eigenvalue weighted by Crippen LogP contribution is -2.52. The van der Waals surface area contributed by atoms with Gasteiger partial charge in [-0.3, -0.25) is 9.63 Å². The number of hydrogen-bond donors (Lipinski definition) is 1. The zero-order valence-corrected chi connectivity index (χ0v) is 16.8. The van der Waals surface area contributed by atoms with E-state index in [0.29, 0.717) is 45.1 Å². The highest BCUT2D eigenvalue weighted by molar-refractivity contribution is 5.82. The number of halogens is 3. The molecular formula is C17H25F3N6O4. The molecule has 30 heavy (non-hydrogen) atoms. The summed E-state index contributed by atoms with van der Waals surface area (Å²) < 4.78 is 42.7. The van der Waals surface area contributed by atoms with Gasteiger partial charge in [0.2, 0.25) is 11.9 Å². The summed E-state index contributed by atoms with van der Waals surface area (Å²) >= 11 is 0. The fourth-order valence-corrected chi connectivity index (χ4v) is 2.82. The lowest BCUT2D eigenvalue weighted by atomic mass is 10.3. The molecule has 0 spiro atoms. The Balaban J connectivity index is 1.79. The first kappa shape index (κ1) is 23.6. The van der Waals surface area contributed by atoms with Gasteiger partial charge in [-0.2, -0.15) is 18.2 Å². The van der Waals surface area contributed by atoms with Gasteiger partial charge in [0.1, 0.15) is 6.10 Å². The largest absolute Gasteiger partial charge is 0.445 e. The second-order valence-corrected chi connectivity index (χ2v) is 6.63. The third-order valence-corrected chi connectivity index (χ3v) is 4.33. The molecule has 0 radical (unpaired) electrons. The number of piperazine rings is 1. The molecule has 13 heteroatoms. The average molecular weight is 434 g/mol. The molecule has 1 saturated heterocycles. The van der Waals surface area contributed by atoms with E-state index in [1.54, 1.807) is 16.9 Å². The highest BCUT2D eigenvalue weighted by Crippen LogP contribution is 2.28. The van der Waals surface area contributed by atoms with Crippen molar-refractivity contribution >= 4 is 17.9 Å². The zero-order valence-electron chi connectivity index (χ0n) is 16.8. The number of nitrogens with zero attached hydrogens (tertiary/aromatic N) is 5. The van der Waals surface area contributed by atoms with Crippen molar-refractivity contribution < 1.29 is 32.3 Å². The highest BCUT2D eigenvalue weighted by Gasteiger charge is 2.32. The molecule has 0 aliphatic carbocycles. The van der Waals surface area contributed by atoms with Gasteiger partial charge in [0.05, 0.1) is 25.3 Å². The first-order valence-corrected chi connectivity index (χ1v) is 9.36. The summed E-state index contributed by atoms with van der Waals surface area (Å²) in [6.45, 7) is 5.70. The van der Waals surface area contributed by atoms with Crippen molar-refractivity contribution in [2.75, 3.05) is 50.8 Å². The number of rotatable bonds is 9. The Morgan fingerprint density at radius 3 is 2.53 bits per heavy atom. The Morgan fingerprint density at radius 2 is 2.00 bits per heavy atom. The van der Waals surface area contributed by atoms with Crippen LogP contribution in [0, 0.1) is 0 Å². The summed E-state index contributed by atoms with van der Waals surface area (Å²) in [5.41, 5.74) is 4.04. The molecule has 2 rings (SSSR count). The van der Waals surface area contributed by atoms with Gasteiger partial charge in [-0.25, -0.2) is 14.8 Å². The van der Waals surface area contributed by atoms with Gasteiger partial charge >= 0.3 is 12.3 Å². The molecule has 1 unspecified atom stereocenters. The van der Waals surface area contributed by atoms with Crippen LogP contribution < -0.4 is 10.6 Å². The second kappa shape index (κ2) is 10.4. The number of hydroxylamine groups is 2. The molecular weight excluding hydrogens is 409 g/mol. The van der Waals surface area contributed by atoms with E-state index in [4.69, 9.17) is 15.3 Å². The van der Waals surface area contributed by atoms with E-state index in [1.807, 2.05) is 6.92 Å². The number of anilines is 1. The summed E-state index contributed by atoms with van der Waals surface area (Å²) in [4.78, 5) is 39.3. The molecule has 1 aromatic rings. The predicted molar refractivity (Wildman–Crippen MR) is 99.2 cm³/mol. The van der Waals surface area contributed by atoms with Gasteiger partial charge in [-0.05, 0) is 6.92 Å². The lowest BCUT2D eigenvalue weighted by Gasteiger charge is -2.34. The third kappa shape index (κ3) is 6.99. The van der Waals surface area contributed by atoms with Gasteiger partial charge in [-0.15, -0.1) is 0 Å². The van der Waals surface area contributed by atoms with Gasteiger partial charge < -0.3 is 20.3 Å². The minimum absolute atomic E-state index is 0.0354. The maximum absolute atomic E-state index is 12.6.